The van der Waals surface area contributed by atoms with Crippen LogP contribution in [0.5, 0.6) is 0 Å². The van der Waals surface area contributed by atoms with Crippen LogP contribution < -0.4 is 5.73 Å². The molecule has 98 valence electrons. The van der Waals surface area contributed by atoms with Crippen molar-refractivity contribution in [1.29, 1.82) is 0 Å². The Balaban J connectivity index is 1.99. The molecule has 0 atom stereocenters. The molecule has 0 unspecified atom stereocenters. The summed E-state index contributed by atoms with van der Waals surface area (Å²) in [5, 5.41) is 9.19. The number of nitrogens with two attached hydrogens (primary N) is 1. The third-order valence-corrected chi connectivity index (χ3v) is 4.46. The molecule has 0 aliphatic heterocycles. The van der Waals surface area contributed by atoms with Gasteiger partial charge >= 0.3 is 0 Å². The molecule has 0 bridgehead atoms. The lowest BCUT2D eigenvalue weighted by atomic mass is 10.1. The van der Waals surface area contributed by atoms with Crippen LogP contribution in [0.3, 0.4) is 0 Å². The summed E-state index contributed by atoms with van der Waals surface area (Å²) < 4.78 is 14.7. The van der Waals surface area contributed by atoms with E-state index in [2.05, 4.69) is 28.4 Å². The highest BCUT2D eigenvalue weighted by Crippen LogP contribution is 2.36. The molecule has 2 heterocycles. The fraction of sp³-hybridized carbons (Fsp3) is 0. The zero-order valence-corrected chi connectivity index (χ0v) is 11.2. The van der Waals surface area contributed by atoms with E-state index in [9.17, 15) is 4.39 Å². The zero-order chi connectivity index (χ0) is 13.7. The summed E-state index contributed by atoms with van der Waals surface area (Å²) in [5.74, 6) is -0.427. The lowest BCUT2D eigenvalue weighted by molar-refractivity contribution is 0.634. The van der Waals surface area contributed by atoms with Gasteiger partial charge < -0.3 is 5.73 Å². The number of aromatic nitrogens is 2. The number of anilines is 1. The number of H-pyrrole nitrogens is 1. The number of hydrogen-bond donors (Lipinski definition) is 2. The van der Waals surface area contributed by atoms with Gasteiger partial charge in [0.25, 0.3) is 0 Å². The Morgan fingerprint density at radius 2 is 2.00 bits per heavy atom. The van der Waals surface area contributed by atoms with Gasteiger partial charge in [-0.15, -0.1) is 11.3 Å². The van der Waals surface area contributed by atoms with Crippen molar-refractivity contribution >= 4 is 38.0 Å². The molecular formula is C15H10FN3S. The molecule has 0 saturated heterocycles. The summed E-state index contributed by atoms with van der Waals surface area (Å²) in [6.45, 7) is 0. The maximum atomic E-state index is 13.5. The fourth-order valence-electron chi connectivity index (χ4n) is 2.34. The van der Waals surface area contributed by atoms with Gasteiger partial charge in [0.2, 0.25) is 0 Å². The number of nitrogens with one attached hydrogen (secondary N) is 1. The predicted octanol–water partition coefficient (Wildman–Crippen LogP) is 4.17. The maximum Gasteiger partial charge on any atom is 0.148 e. The highest BCUT2D eigenvalue weighted by molar-refractivity contribution is 7.22. The summed E-state index contributed by atoms with van der Waals surface area (Å²) in [7, 11) is 0. The lowest BCUT2D eigenvalue weighted by Crippen LogP contribution is -1.89. The molecular weight excluding hydrogens is 273 g/mol. The Kier molecular flexibility index (Phi) is 2.31. The van der Waals surface area contributed by atoms with E-state index in [1.165, 1.54) is 16.2 Å². The van der Waals surface area contributed by atoms with Gasteiger partial charge in [-0.25, -0.2) is 4.39 Å². The van der Waals surface area contributed by atoms with Crippen LogP contribution in [0.1, 0.15) is 0 Å². The summed E-state index contributed by atoms with van der Waals surface area (Å²) in [6, 6.07) is 13.3. The Hall–Kier alpha value is -2.40. The molecule has 0 amide bonds. The Morgan fingerprint density at radius 3 is 2.85 bits per heavy atom. The van der Waals surface area contributed by atoms with Crippen LogP contribution in [0.15, 0.2) is 42.5 Å². The van der Waals surface area contributed by atoms with E-state index < -0.39 is 5.82 Å². The topological polar surface area (TPSA) is 54.7 Å². The van der Waals surface area contributed by atoms with Crippen molar-refractivity contribution in [1.82, 2.24) is 10.2 Å². The normalized spacial score (nSPS) is 11.4. The highest BCUT2D eigenvalue weighted by atomic mass is 32.1. The first-order valence-corrected chi connectivity index (χ1v) is 6.96. The minimum Gasteiger partial charge on any atom is -0.396 e. The molecule has 2 aromatic heterocycles. The van der Waals surface area contributed by atoms with Gasteiger partial charge in [-0.05, 0) is 23.6 Å². The number of nitrogens with zero attached hydrogens (tertiary/aromatic N) is 1. The number of nitrogen functional groups attached to an aromatic ring is 1. The Labute approximate surface area is 117 Å². The third-order valence-electron chi connectivity index (χ3n) is 3.34. The van der Waals surface area contributed by atoms with Crippen molar-refractivity contribution in [3.05, 3.63) is 48.3 Å². The molecule has 4 aromatic rings. The minimum absolute atomic E-state index is 0.140. The molecule has 0 aliphatic rings. The van der Waals surface area contributed by atoms with Crippen molar-refractivity contribution in [3.63, 3.8) is 0 Å². The monoisotopic (exact) mass is 283 g/mol. The van der Waals surface area contributed by atoms with Gasteiger partial charge in [0, 0.05) is 16.2 Å². The summed E-state index contributed by atoms with van der Waals surface area (Å²) in [5.41, 5.74) is 7.26. The van der Waals surface area contributed by atoms with Crippen LogP contribution in [0, 0.1) is 5.82 Å². The van der Waals surface area contributed by atoms with Gasteiger partial charge in [-0.1, -0.05) is 18.2 Å². The molecule has 2 aromatic carbocycles. The summed E-state index contributed by atoms with van der Waals surface area (Å²) in [4.78, 5) is 1.04. The fourth-order valence-corrected chi connectivity index (χ4v) is 3.41. The average molecular weight is 283 g/mol. The van der Waals surface area contributed by atoms with Gasteiger partial charge in [0.1, 0.15) is 11.5 Å². The molecule has 4 rings (SSSR count). The predicted molar refractivity (Wildman–Crippen MR) is 81.3 cm³/mol. The number of rotatable bonds is 1. The molecule has 3 N–H and O–H groups in total. The van der Waals surface area contributed by atoms with Crippen LogP contribution in [0.2, 0.25) is 0 Å². The summed E-state index contributed by atoms with van der Waals surface area (Å²) >= 11 is 1.66. The molecule has 0 aliphatic carbocycles. The molecule has 0 spiro atoms. The van der Waals surface area contributed by atoms with Crippen molar-refractivity contribution in [2.24, 2.45) is 0 Å². The number of halogens is 1. The average Bonchev–Trinajstić information content (AvgIpc) is 3.02. The first kappa shape index (κ1) is 11.4. The number of thiophene rings is 1. The number of aromatic amines is 1. The van der Waals surface area contributed by atoms with Crippen molar-refractivity contribution in [2.45, 2.75) is 0 Å². The third kappa shape index (κ3) is 1.60. The zero-order valence-electron chi connectivity index (χ0n) is 10.4. The molecule has 0 radical (unpaired) electrons. The first-order chi connectivity index (χ1) is 9.72. The van der Waals surface area contributed by atoms with Crippen molar-refractivity contribution in [2.75, 3.05) is 5.73 Å². The second-order valence-electron chi connectivity index (χ2n) is 4.64. The lowest BCUT2D eigenvalue weighted by Gasteiger charge is -1.97. The standard InChI is InChI=1S/C15H10FN3S/c16-10-7-12-9(6-11(10)17)15(19-18-12)14-5-8-3-1-2-4-13(8)20-14/h1-7H,17H2,(H,18,19). The van der Waals surface area contributed by atoms with Gasteiger partial charge in [-0.2, -0.15) is 5.10 Å². The van der Waals surface area contributed by atoms with E-state index in [-0.39, 0.29) is 5.69 Å². The van der Waals surface area contributed by atoms with Crippen molar-refractivity contribution in [3.8, 4) is 10.6 Å². The van der Waals surface area contributed by atoms with Crippen LogP contribution in [-0.4, -0.2) is 10.2 Å². The van der Waals surface area contributed by atoms with Gasteiger partial charge in [0.05, 0.1) is 16.1 Å². The van der Waals surface area contributed by atoms with Gasteiger partial charge in [-0.3, -0.25) is 5.10 Å². The van der Waals surface area contributed by atoms with E-state index >= 15 is 0 Å². The maximum absolute atomic E-state index is 13.5. The second kappa shape index (κ2) is 4.05. The second-order valence-corrected chi connectivity index (χ2v) is 5.72. The van der Waals surface area contributed by atoms with E-state index in [1.807, 2.05) is 12.1 Å². The van der Waals surface area contributed by atoms with Crippen molar-refractivity contribution < 1.29 is 4.39 Å². The van der Waals surface area contributed by atoms with Crippen LogP contribution in [0.25, 0.3) is 31.6 Å². The Morgan fingerprint density at radius 1 is 1.15 bits per heavy atom. The molecule has 3 nitrogen and oxygen atoms in total. The van der Waals surface area contributed by atoms with Crippen LogP contribution in [-0.2, 0) is 0 Å². The number of hydrogen-bond acceptors (Lipinski definition) is 3. The molecule has 20 heavy (non-hydrogen) atoms. The molecule has 0 saturated carbocycles. The largest absolute Gasteiger partial charge is 0.396 e. The van der Waals surface area contributed by atoms with Crippen LogP contribution >= 0.6 is 11.3 Å². The van der Waals surface area contributed by atoms with E-state index in [1.54, 1.807) is 17.4 Å². The van der Waals surface area contributed by atoms with Gasteiger partial charge in [0.15, 0.2) is 0 Å². The number of fused-ring (bicyclic) bond motifs is 2. The minimum atomic E-state index is -0.427. The smallest absolute Gasteiger partial charge is 0.148 e. The summed E-state index contributed by atoms with van der Waals surface area (Å²) in [6.07, 6.45) is 0. The number of benzene rings is 2. The van der Waals surface area contributed by atoms with E-state index in [0.717, 1.165) is 16.0 Å². The first-order valence-electron chi connectivity index (χ1n) is 6.14. The van der Waals surface area contributed by atoms with E-state index in [0.29, 0.717) is 5.52 Å². The SMILES string of the molecule is Nc1cc2c(-c3cc4ccccc4s3)n[nH]c2cc1F. The highest BCUT2D eigenvalue weighted by Gasteiger charge is 2.13. The van der Waals surface area contributed by atoms with Crippen LogP contribution in [0.4, 0.5) is 10.1 Å². The van der Waals surface area contributed by atoms with E-state index in [4.69, 9.17) is 5.73 Å². The Bertz CT molecular complexity index is 906. The quantitative estimate of drug-likeness (QED) is 0.515. The molecule has 0 fully saturated rings. The molecule has 5 heteroatoms.